The summed E-state index contributed by atoms with van der Waals surface area (Å²) in [6.45, 7) is 3.52. The van der Waals surface area contributed by atoms with Crippen LogP contribution < -0.4 is 10.4 Å². The highest BCUT2D eigenvalue weighted by Crippen LogP contribution is 2.33. The zero-order valence-corrected chi connectivity index (χ0v) is 17.0. The molecule has 29 heavy (non-hydrogen) atoms. The van der Waals surface area contributed by atoms with Crippen LogP contribution in [0, 0.1) is 6.92 Å². The molecule has 5 nitrogen and oxygen atoms in total. The van der Waals surface area contributed by atoms with Crippen molar-refractivity contribution in [3.05, 3.63) is 74.1 Å². The summed E-state index contributed by atoms with van der Waals surface area (Å²) in [5.74, 6) is -0.0133. The van der Waals surface area contributed by atoms with E-state index in [2.05, 4.69) is 0 Å². The summed E-state index contributed by atoms with van der Waals surface area (Å²) in [7, 11) is 0. The monoisotopic (exact) mass is 412 g/mol. The zero-order chi connectivity index (χ0) is 20.5. The predicted octanol–water partition coefficient (Wildman–Crippen LogP) is 4.75. The molecule has 6 heteroatoms. The summed E-state index contributed by atoms with van der Waals surface area (Å²) >= 11 is 6.09. The largest absolute Gasteiger partial charge is 0.479 e. The molecular formula is C23H21ClO5. The SMILES string of the molecule is Cc1c(O[C@H](C)C(=O)OCc2ccccc2Cl)ccc2c3c(c(=O)oc12)CCC3. The standard InChI is InChI=1S/C23H21ClO5/c1-13-20(11-10-17-16-7-5-8-18(16)23(26)29-21(13)17)28-14(2)22(25)27-12-15-6-3-4-9-19(15)24/h3-4,6,9-11,14H,5,7-8,12H2,1-2H3/t14-/m1/s1. The van der Waals surface area contributed by atoms with Crippen molar-refractivity contribution in [3.8, 4) is 5.75 Å². The van der Waals surface area contributed by atoms with Gasteiger partial charge in [-0.2, -0.15) is 0 Å². The first-order valence-corrected chi connectivity index (χ1v) is 9.98. The second-order valence-corrected chi connectivity index (χ2v) is 7.63. The van der Waals surface area contributed by atoms with Crippen molar-refractivity contribution in [3.63, 3.8) is 0 Å². The number of ether oxygens (including phenoxy) is 2. The summed E-state index contributed by atoms with van der Waals surface area (Å²) < 4.78 is 16.7. The normalized spacial score (nSPS) is 13.9. The smallest absolute Gasteiger partial charge is 0.347 e. The number of fused-ring (bicyclic) bond motifs is 3. The van der Waals surface area contributed by atoms with E-state index in [1.807, 2.05) is 31.2 Å². The minimum absolute atomic E-state index is 0.0733. The molecule has 0 aliphatic heterocycles. The number of halogens is 1. The van der Waals surface area contributed by atoms with Gasteiger partial charge < -0.3 is 13.9 Å². The zero-order valence-electron chi connectivity index (χ0n) is 16.3. The van der Waals surface area contributed by atoms with Crippen LogP contribution in [0.1, 0.15) is 35.6 Å². The van der Waals surface area contributed by atoms with Gasteiger partial charge in [0.25, 0.3) is 0 Å². The van der Waals surface area contributed by atoms with Crippen LogP contribution in [-0.2, 0) is 29.0 Å². The Bertz CT molecular complexity index is 1150. The second kappa shape index (κ2) is 7.91. The van der Waals surface area contributed by atoms with Crippen LogP contribution in [0.25, 0.3) is 11.0 Å². The highest BCUT2D eigenvalue weighted by atomic mass is 35.5. The summed E-state index contributed by atoms with van der Waals surface area (Å²) in [4.78, 5) is 24.6. The molecule has 0 N–H and O–H groups in total. The van der Waals surface area contributed by atoms with Gasteiger partial charge in [0.05, 0.1) is 0 Å². The number of benzene rings is 2. The quantitative estimate of drug-likeness (QED) is 0.446. The number of aryl methyl sites for hydroxylation is 2. The summed E-state index contributed by atoms with van der Waals surface area (Å²) in [5.41, 5.74) is 3.51. The highest BCUT2D eigenvalue weighted by Gasteiger charge is 2.23. The number of carbonyl (C=O) groups excluding carboxylic acids is 1. The van der Waals surface area contributed by atoms with Gasteiger partial charge in [-0.25, -0.2) is 9.59 Å². The minimum Gasteiger partial charge on any atom is -0.479 e. The van der Waals surface area contributed by atoms with E-state index in [1.54, 1.807) is 19.1 Å². The molecule has 3 aromatic rings. The highest BCUT2D eigenvalue weighted by molar-refractivity contribution is 6.31. The van der Waals surface area contributed by atoms with Gasteiger partial charge in [-0.05, 0) is 56.9 Å². The fraction of sp³-hybridized carbons (Fsp3) is 0.304. The summed E-state index contributed by atoms with van der Waals surface area (Å²) in [5, 5.41) is 1.48. The molecule has 0 bridgehead atoms. The molecule has 1 aliphatic carbocycles. The lowest BCUT2D eigenvalue weighted by Gasteiger charge is -2.17. The van der Waals surface area contributed by atoms with E-state index in [9.17, 15) is 9.59 Å². The van der Waals surface area contributed by atoms with E-state index >= 15 is 0 Å². The molecule has 1 atom stereocenters. The van der Waals surface area contributed by atoms with Crippen LogP contribution in [0.3, 0.4) is 0 Å². The van der Waals surface area contributed by atoms with Crippen LogP contribution in [0.4, 0.5) is 0 Å². The molecular weight excluding hydrogens is 392 g/mol. The Morgan fingerprint density at radius 2 is 1.93 bits per heavy atom. The Balaban J connectivity index is 1.52. The molecule has 1 aliphatic rings. The first-order valence-electron chi connectivity index (χ1n) is 9.60. The number of rotatable bonds is 5. The van der Waals surface area contributed by atoms with Gasteiger partial charge in [0, 0.05) is 27.1 Å². The average molecular weight is 413 g/mol. The Morgan fingerprint density at radius 1 is 1.17 bits per heavy atom. The van der Waals surface area contributed by atoms with Crippen molar-refractivity contribution < 1.29 is 18.7 Å². The van der Waals surface area contributed by atoms with Crippen LogP contribution in [-0.4, -0.2) is 12.1 Å². The molecule has 1 aromatic heterocycles. The van der Waals surface area contributed by atoms with Crippen LogP contribution in [0.15, 0.2) is 45.6 Å². The fourth-order valence-corrected chi connectivity index (χ4v) is 3.90. The van der Waals surface area contributed by atoms with Crippen LogP contribution in [0.2, 0.25) is 5.02 Å². The first kappa shape index (κ1) is 19.5. The van der Waals surface area contributed by atoms with E-state index in [1.165, 1.54) is 0 Å². The third-order valence-electron chi connectivity index (χ3n) is 5.30. The van der Waals surface area contributed by atoms with E-state index in [0.29, 0.717) is 21.9 Å². The lowest BCUT2D eigenvalue weighted by Crippen LogP contribution is -2.26. The van der Waals surface area contributed by atoms with E-state index < -0.39 is 12.1 Å². The third-order valence-corrected chi connectivity index (χ3v) is 5.67. The molecule has 0 amide bonds. The van der Waals surface area contributed by atoms with Crippen molar-refractivity contribution >= 4 is 28.5 Å². The second-order valence-electron chi connectivity index (χ2n) is 7.22. The summed E-state index contributed by atoms with van der Waals surface area (Å²) in [6.07, 6.45) is 1.78. The maximum atomic E-state index is 12.4. The molecule has 4 rings (SSSR count). The molecule has 1 heterocycles. The number of carbonyl (C=O) groups is 1. The van der Waals surface area contributed by atoms with Gasteiger partial charge in [0.2, 0.25) is 0 Å². The van der Waals surface area contributed by atoms with E-state index in [-0.39, 0.29) is 12.2 Å². The topological polar surface area (TPSA) is 65.7 Å². The predicted molar refractivity (Wildman–Crippen MR) is 111 cm³/mol. The van der Waals surface area contributed by atoms with E-state index in [0.717, 1.165) is 41.3 Å². The Kier molecular flexibility index (Phi) is 5.33. The van der Waals surface area contributed by atoms with Crippen molar-refractivity contribution in [1.82, 2.24) is 0 Å². The molecule has 0 radical (unpaired) electrons. The Labute approximate surface area is 173 Å². The van der Waals surface area contributed by atoms with Crippen LogP contribution in [0.5, 0.6) is 5.75 Å². The summed E-state index contributed by atoms with van der Waals surface area (Å²) in [6, 6.07) is 10.9. The minimum atomic E-state index is -0.824. The van der Waals surface area contributed by atoms with Gasteiger partial charge >= 0.3 is 11.6 Å². The van der Waals surface area contributed by atoms with Crippen molar-refractivity contribution in [2.45, 2.75) is 45.8 Å². The van der Waals surface area contributed by atoms with Gasteiger partial charge in [0.1, 0.15) is 17.9 Å². The Morgan fingerprint density at radius 3 is 2.72 bits per heavy atom. The number of hydrogen-bond donors (Lipinski definition) is 0. The van der Waals surface area contributed by atoms with Gasteiger partial charge in [-0.15, -0.1) is 0 Å². The van der Waals surface area contributed by atoms with Gasteiger partial charge in [-0.3, -0.25) is 0 Å². The molecule has 0 fully saturated rings. The lowest BCUT2D eigenvalue weighted by molar-refractivity contribution is -0.152. The molecule has 0 spiro atoms. The fourth-order valence-electron chi connectivity index (χ4n) is 3.71. The van der Waals surface area contributed by atoms with E-state index in [4.69, 9.17) is 25.5 Å². The third kappa shape index (κ3) is 3.75. The van der Waals surface area contributed by atoms with Crippen molar-refractivity contribution in [2.24, 2.45) is 0 Å². The maximum absolute atomic E-state index is 12.4. The van der Waals surface area contributed by atoms with Gasteiger partial charge in [0.15, 0.2) is 6.10 Å². The first-order chi connectivity index (χ1) is 14.0. The molecule has 0 saturated heterocycles. The lowest BCUT2D eigenvalue weighted by atomic mass is 10.0. The Hall–Kier alpha value is -2.79. The molecule has 150 valence electrons. The molecule has 2 aromatic carbocycles. The van der Waals surface area contributed by atoms with Crippen molar-refractivity contribution in [2.75, 3.05) is 0 Å². The molecule has 0 unspecified atom stereocenters. The van der Waals surface area contributed by atoms with Crippen molar-refractivity contribution in [1.29, 1.82) is 0 Å². The maximum Gasteiger partial charge on any atom is 0.347 e. The van der Waals surface area contributed by atoms with Gasteiger partial charge in [-0.1, -0.05) is 29.8 Å². The number of hydrogen-bond acceptors (Lipinski definition) is 5. The average Bonchev–Trinajstić information content (AvgIpc) is 3.20. The number of esters is 1. The molecule has 0 saturated carbocycles. The van der Waals surface area contributed by atoms with Crippen LogP contribution >= 0.6 is 11.6 Å².